The summed E-state index contributed by atoms with van der Waals surface area (Å²) in [5.74, 6) is 1.16. The first-order valence-electron chi connectivity index (χ1n) is 5.02. The summed E-state index contributed by atoms with van der Waals surface area (Å²) in [5, 5.41) is 7.88. The maximum Gasteiger partial charge on any atom is 0.0984 e. The molecule has 1 unspecified atom stereocenters. The molecule has 0 aromatic heterocycles. The van der Waals surface area contributed by atoms with E-state index in [0.29, 0.717) is 12.0 Å². The standard InChI is InChI=1S/C10H21N3/c1-8(2)10(11)13-6-5-9(7-13)12(3)4/h8-9,11H,5-7H2,1-4H3. The van der Waals surface area contributed by atoms with Gasteiger partial charge in [-0.3, -0.25) is 5.41 Å². The Balaban J connectivity index is 2.45. The van der Waals surface area contributed by atoms with Gasteiger partial charge in [0.1, 0.15) is 0 Å². The SMILES string of the molecule is CC(C)C(=N)N1CCC(N(C)C)C1. The largest absolute Gasteiger partial charge is 0.359 e. The zero-order valence-electron chi connectivity index (χ0n) is 9.17. The predicted molar refractivity (Wildman–Crippen MR) is 56.2 cm³/mol. The second-order valence-electron chi connectivity index (χ2n) is 4.39. The van der Waals surface area contributed by atoms with Gasteiger partial charge in [0.2, 0.25) is 0 Å². The van der Waals surface area contributed by atoms with Gasteiger partial charge in [-0.15, -0.1) is 0 Å². The van der Waals surface area contributed by atoms with Gasteiger partial charge in [-0.1, -0.05) is 13.8 Å². The normalized spacial score (nSPS) is 23.2. The smallest absolute Gasteiger partial charge is 0.0984 e. The molecular weight excluding hydrogens is 162 g/mol. The number of hydrogen-bond donors (Lipinski definition) is 1. The Kier molecular flexibility index (Phi) is 3.31. The third kappa shape index (κ3) is 2.44. The van der Waals surface area contributed by atoms with Crippen LogP contribution < -0.4 is 0 Å². The molecule has 0 aliphatic carbocycles. The molecule has 76 valence electrons. The van der Waals surface area contributed by atoms with Crippen LogP contribution in [-0.2, 0) is 0 Å². The molecule has 1 fully saturated rings. The van der Waals surface area contributed by atoms with E-state index in [1.807, 2.05) is 0 Å². The van der Waals surface area contributed by atoms with E-state index in [-0.39, 0.29) is 0 Å². The zero-order chi connectivity index (χ0) is 10.0. The number of nitrogens with zero attached hydrogens (tertiary/aromatic N) is 2. The summed E-state index contributed by atoms with van der Waals surface area (Å²) in [5.41, 5.74) is 0. The van der Waals surface area contributed by atoms with Crippen molar-refractivity contribution >= 4 is 5.84 Å². The lowest BCUT2D eigenvalue weighted by molar-refractivity contribution is 0.299. The van der Waals surface area contributed by atoms with Crippen molar-refractivity contribution in [2.45, 2.75) is 26.3 Å². The van der Waals surface area contributed by atoms with Crippen LogP contribution in [0.5, 0.6) is 0 Å². The molecule has 1 rings (SSSR count). The highest BCUT2D eigenvalue weighted by Crippen LogP contribution is 2.15. The highest BCUT2D eigenvalue weighted by Gasteiger charge is 2.26. The Labute approximate surface area is 81.2 Å². The fourth-order valence-electron chi connectivity index (χ4n) is 1.75. The maximum absolute atomic E-state index is 7.88. The Morgan fingerprint density at radius 2 is 2.08 bits per heavy atom. The Hall–Kier alpha value is -0.570. The third-order valence-electron chi connectivity index (χ3n) is 2.78. The molecule has 3 heteroatoms. The van der Waals surface area contributed by atoms with Crippen LogP contribution in [0.1, 0.15) is 20.3 Å². The van der Waals surface area contributed by atoms with E-state index < -0.39 is 0 Å². The highest BCUT2D eigenvalue weighted by molar-refractivity contribution is 5.81. The predicted octanol–water partition coefficient (Wildman–Crippen LogP) is 1.26. The molecule has 1 aliphatic heterocycles. The molecule has 0 aromatic carbocycles. The zero-order valence-corrected chi connectivity index (χ0v) is 9.17. The number of hydrogen-bond acceptors (Lipinski definition) is 2. The number of amidine groups is 1. The molecule has 0 amide bonds. The van der Waals surface area contributed by atoms with Crippen LogP contribution >= 0.6 is 0 Å². The van der Waals surface area contributed by atoms with E-state index in [9.17, 15) is 0 Å². The van der Waals surface area contributed by atoms with Crippen molar-refractivity contribution in [2.24, 2.45) is 5.92 Å². The fraction of sp³-hybridized carbons (Fsp3) is 0.900. The minimum Gasteiger partial charge on any atom is -0.359 e. The van der Waals surface area contributed by atoms with Crippen LogP contribution in [0.4, 0.5) is 0 Å². The summed E-state index contributed by atoms with van der Waals surface area (Å²) >= 11 is 0. The van der Waals surface area contributed by atoms with Crippen molar-refractivity contribution < 1.29 is 0 Å². The van der Waals surface area contributed by atoms with Crippen molar-refractivity contribution in [2.75, 3.05) is 27.2 Å². The van der Waals surface area contributed by atoms with Crippen LogP contribution in [0.15, 0.2) is 0 Å². The summed E-state index contributed by atoms with van der Waals surface area (Å²) in [4.78, 5) is 4.46. The van der Waals surface area contributed by atoms with Gasteiger partial charge in [-0.2, -0.15) is 0 Å². The van der Waals surface area contributed by atoms with E-state index in [1.165, 1.54) is 6.42 Å². The van der Waals surface area contributed by atoms with E-state index in [0.717, 1.165) is 18.9 Å². The summed E-state index contributed by atoms with van der Waals surface area (Å²) < 4.78 is 0. The molecule has 1 N–H and O–H groups in total. The van der Waals surface area contributed by atoms with Gasteiger partial charge >= 0.3 is 0 Å². The first-order valence-corrected chi connectivity index (χ1v) is 5.02. The Morgan fingerprint density at radius 1 is 1.46 bits per heavy atom. The van der Waals surface area contributed by atoms with Crippen LogP contribution in [0, 0.1) is 11.3 Å². The third-order valence-corrected chi connectivity index (χ3v) is 2.78. The first kappa shape index (κ1) is 10.5. The molecule has 0 radical (unpaired) electrons. The lowest BCUT2D eigenvalue weighted by atomic mass is 10.2. The van der Waals surface area contributed by atoms with Gasteiger partial charge in [0.05, 0.1) is 5.84 Å². The van der Waals surface area contributed by atoms with Crippen LogP contribution in [0.2, 0.25) is 0 Å². The van der Waals surface area contributed by atoms with Crippen molar-refractivity contribution in [3.63, 3.8) is 0 Å². The van der Waals surface area contributed by atoms with Gasteiger partial charge in [0.15, 0.2) is 0 Å². The second kappa shape index (κ2) is 4.09. The molecule has 0 spiro atoms. The first-order chi connectivity index (χ1) is 6.02. The highest BCUT2D eigenvalue weighted by atomic mass is 15.3. The summed E-state index contributed by atoms with van der Waals surface area (Å²) in [7, 11) is 4.24. The molecular formula is C10H21N3. The van der Waals surface area contributed by atoms with E-state index in [2.05, 4.69) is 37.7 Å². The lowest BCUT2D eigenvalue weighted by Gasteiger charge is -2.23. The summed E-state index contributed by atoms with van der Waals surface area (Å²) in [6.45, 7) is 6.26. The Bertz CT molecular complexity index is 187. The topological polar surface area (TPSA) is 30.3 Å². The van der Waals surface area contributed by atoms with Crippen LogP contribution in [0.25, 0.3) is 0 Å². The maximum atomic E-state index is 7.88. The van der Waals surface area contributed by atoms with Crippen molar-refractivity contribution in [1.29, 1.82) is 5.41 Å². The molecule has 1 saturated heterocycles. The number of likely N-dealkylation sites (tertiary alicyclic amines) is 1. The van der Waals surface area contributed by atoms with Crippen molar-refractivity contribution in [3.8, 4) is 0 Å². The van der Waals surface area contributed by atoms with E-state index in [1.54, 1.807) is 0 Å². The van der Waals surface area contributed by atoms with E-state index >= 15 is 0 Å². The van der Waals surface area contributed by atoms with Gasteiger partial charge in [0, 0.05) is 25.0 Å². The Morgan fingerprint density at radius 3 is 2.46 bits per heavy atom. The molecule has 1 aliphatic rings. The minimum absolute atomic E-state index is 0.362. The van der Waals surface area contributed by atoms with Gasteiger partial charge < -0.3 is 9.80 Å². The number of rotatable bonds is 2. The van der Waals surface area contributed by atoms with Crippen molar-refractivity contribution in [3.05, 3.63) is 0 Å². The number of nitrogens with one attached hydrogen (secondary N) is 1. The van der Waals surface area contributed by atoms with Crippen LogP contribution in [-0.4, -0.2) is 48.9 Å². The molecule has 3 nitrogen and oxygen atoms in total. The fourth-order valence-corrected chi connectivity index (χ4v) is 1.75. The summed E-state index contributed by atoms with van der Waals surface area (Å²) in [6, 6.07) is 0.638. The molecule has 1 atom stereocenters. The lowest BCUT2D eigenvalue weighted by Crippen LogP contribution is -2.36. The molecule has 1 heterocycles. The van der Waals surface area contributed by atoms with Crippen LogP contribution in [0.3, 0.4) is 0 Å². The molecule has 0 saturated carbocycles. The van der Waals surface area contributed by atoms with Gasteiger partial charge in [-0.25, -0.2) is 0 Å². The molecule has 13 heavy (non-hydrogen) atoms. The molecule has 0 aromatic rings. The van der Waals surface area contributed by atoms with Gasteiger partial charge in [0.25, 0.3) is 0 Å². The average Bonchev–Trinajstić information content (AvgIpc) is 2.50. The molecule has 0 bridgehead atoms. The summed E-state index contributed by atoms with van der Waals surface area (Å²) in [6.07, 6.45) is 1.20. The average molecular weight is 183 g/mol. The minimum atomic E-state index is 0.362. The van der Waals surface area contributed by atoms with E-state index in [4.69, 9.17) is 5.41 Å². The monoisotopic (exact) mass is 183 g/mol. The quantitative estimate of drug-likeness (QED) is 0.516. The number of likely N-dealkylation sites (N-methyl/N-ethyl adjacent to an activating group) is 1. The second-order valence-corrected chi connectivity index (χ2v) is 4.39. The van der Waals surface area contributed by atoms with Gasteiger partial charge in [-0.05, 0) is 20.5 Å². The van der Waals surface area contributed by atoms with Crippen molar-refractivity contribution in [1.82, 2.24) is 9.80 Å².